The monoisotopic (exact) mass is 326 g/mol. The van der Waals surface area contributed by atoms with Crippen LogP contribution in [0, 0.1) is 0 Å². The van der Waals surface area contributed by atoms with E-state index in [0.29, 0.717) is 5.65 Å². The highest BCUT2D eigenvalue weighted by Crippen LogP contribution is 2.25. The molecule has 0 amide bonds. The molecule has 0 fully saturated rings. The molecule has 5 nitrogen and oxygen atoms in total. The predicted octanol–water partition coefficient (Wildman–Crippen LogP) is 3.86. The van der Waals surface area contributed by atoms with Crippen LogP contribution in [0.25, 0.3) is 39.0 Å². The zero-order chi connectivity index (χ0) is 16.8. The first-order valence-corrected chi connectivity index (χ1v) is 8.04. The molecule has 3 heterocycles. The SMILES string of the molecule is O=c1[nH]c2ncccc2n1-c1ccc(-c2cc3ccccc3[nH]2)cc1. The minimum Gasteiger partial charge on any atom is -0.355 e. The molecular formula is C20H14N4O. The molecule has 0 saturated carbocycles. The fraction of sp³-hybridized carbons (Fsp3) is 0. The summed E-state index contributed by atoms with van der Waals surface area (Å²) in [7, 11) is 0. The third-order valence-corrected chi connectivity index (χ3v) is 4.42. The summed E-state index contributed by atoms with van der Waals surface area (Å²) < 4.78 is 1.64. The fourth-order valence-corrected chi connectivity index (χ4v) is 3.22. The van der Waals surface area contributed by atoms with E-state index >= 15 is 0 Å². The maximum absolute atomic E-state index is 12.3. The maximum Gasteiger partial charge on any atom is 0.332 e. The van der Waals surface area contributed by atoms with Gasteiger partial charge in [-0.25, -0.2) is 9.78 Å². The molecule has 5 heteroatoms. The Morgan fingerprint density at radius 3 is 2.56 bits per heavy atom. The van der Waals surface area contributed by atoms with Crippen molar-refractivity contribution in [3.8, 4) is 16.9 Å². The highest BCUT2D eigenvalue weighted by Gasteiger charge is 2.09. The second-order valence-corrected chi connectivity index (χ2v) is 5.95. The summed E-state index contributed by atoms with van der Waals surface area (Å²) >= 11 is 0. The van der Waals surface area contributed by atoms with Gasteiger partial charge < -0.3 is 4.98 Å². The van der Waals surface area contributed by atoms with Gasteiger partial charge in [0.25, 0.3) is 0 Å². The molecule has 5 rings (SSSR count). The van der Waals surface area contributed by atoms with Crippen LogP contribution in [-0.2, 0) is 0 Å². The minimum atomic E-state index is -0.188. The number of benzene rings is 2. The summed E-state index contributed by atoms with van der Waals surface area (Å²) in [6.07, 6.45) is 1.67. The van der Waals surface area contributed by atoms with E-state index in [0.717, 1.165) is 28.0 Å². The average molecular weight is 326 g/mol. The third-order valence-electron chi connectivity index (χ3n) is 4.42. The van der Waals surface area contributed by atoms with Gasteiger partial charge in [0, 0.05) is 22.8 Å². The molecule has 0 aliphatic carbocycles. The molecule has 0 aliphatic heterocycles. The molecule has 0 radical (unpaired) electrons. The third kappa shape index (κ3) is 2.17. The van der Waals surface area contributed by atoms with Crippen LogP contribution in [0.2, 0.25) is 0 Å². The second kappa shape index (κ2) is 5.21. The topological polar surface area (TPSA) is 66.5 Å². The second-order valence-electron chi connectivity index (χ2n) is 5.95. The van der Waals surface area contributed by atoms with Crippen LogP contribution in [0.5, 0.6) is 0 Å². The van der Waals surface area contributed by atoms with E-state index in [9.17, 15) is 4.79 Å². The fourth-order valence-electron chi connectivity index (χ4n) is 3.22. The molecule has 0 spiro atoms. The molecule has 120 valence electrons. The number of imidazole rings is 1. The van der Waals surface area contributed by atoms with Gasteiger partial charge in [0.2, 0.25) is 0 Å². The van der Waals surface area contributed by atoms with Gasteiger partial charge in [0.15, 0.2) is 5.65 Å². The number of hydrogen-bond acceptors (Lipinski definition) is 2. The summed E-state index contributed by atoms with van der Waals surface area (Å²) in [5, 5.41) is 1.18. The van der Waals surface area contributed by atoms with E-state index in [1.165, 1.54) is 5.39 Å². The van der Waals surface area contributed by atoms with Gasteiger partial charge in [0.05, 0.1) is 11.2 Å². The smallest absolute Gasteiger partial charge is 0.332 e. The van der Waals surface area contributed by atoms with Crippen molar-refractivity contribution in [2.75, 3.05) is 0 Å². The summed E-state index contributed by atoms with van der Waals surface area (Å²) in [4.78, 5) is 22.7. The zero-order valence-electron chi connectivity index (χ0n) is 13.2. The predicted molar refractivity (Wildman–Crippen MR) is 99.0 cm³/mol. The minimum absolute atomic E-state index is 0.188. The Bertz CT molecular complexity index is 1230. The number of nitrogens with one attached hydrogen (secondary N) is 2. The van der Waals surface area contributed by atoms with E-state index in [1.54, 1.807) is 10.8 Å². The largest absolute Gasteiger partial charge is 0.355 e. The number of hydrogen-bond donors (Lipinski definition) is 2. The molecule has 2 aromatic carbocycles. The van der Waals surface area contributed by atoms with Crippen molar-refractivity contribution in [1.82, 2.24) is 19.5 Å². The molecule has 0 bridgehead atoms. The number of pyridine rings is 1. The van der Waals surface area contributed by atoms with Crippen molar-refractivity contribution in [2.24, 2.45) is 0 Å². The zero-order valence-corrected chi connectivity index (χ0v) is 13.2. The number of aromatic nitrogens is 4. The standard InChI is InChI=1S/C20H14N4O/c25-20-23-19-18(6-3-11-21-19)24(20)15-9-7-13(8-10-15)17-12-14-4-1-2-5-16(14)22-17/h1-12,22H,(H,21,23,25). The van der Waals surface area contributed by atoms with Crippen LogP contribution >= 0.6 is 0 Å². The van der Waals surface area contributed by atoms with Crippen molar-refractivity contribution in [3.63, 3.8) is 0 Å². The van der Waals surface area contributed by atoms with E-state index < -0.39 is 0 Å². The van der Waals surface area contributed by atoms with Gasteiger partial charge in [-0.05, 0) is 42.0 Å². The molecule has 0 aliphatic rings. The van der Waals surface area contributed by atoms with Gasteiger partial charge in [-0.15, -0.1) is 0 Å². The van der Waals surface area contributed by atoms with E-state index in [1.807, 2.05) is 48.5 Å². The lowest BCUT2D eigenvalue weighted by atomic mass is 10.1. The molecule has 0 saturated heterocycles. The highest BCUT2D eigenvalue weighted by molar-refractivity contribution is 5.86. The van der Waals surface area contributed by atoms with Crippen LogP contribution in [0.4, 0.5) is 0 Å². The normalized spacial score (nSPS) is 11.4. The van der Waals surface area contributed by atoms with Crippen LogP contribution in [0.1, 0.15) is 0 Å². The quantitative estimate of drug-likeness (QED) is 0.517. The van der Waals surface area contributed by atoms with Crippen LogP contribution < -0.4 is 5.69 Å². The Kier molecular flexibility index (Phi) is 2.87. The Morgan fingerprint density at radius 1 is 0.880 bits per heavy atom. The molecular weight excluding hydrogens is 312 g/mol. The lowest BCUT2D eigenvalue weighted by molar-refractivity contribution is 1.02. The van der Waals surface area contributed by atoms with Crippen LogP contribution in [0.15, 0.2) is 77.7 Å². The van der Waals surface area contributed by atoms with E-state index in [-0.39, 0.29) is 5.69 Å². The number of aromatic amines is 2. The number of H-pyrrole nitrogens is 2. The summed E-state index contributed by atoms with van der Waals surface area (Å²) in [6, 6.07) is 22.0. The van der Waals surface area contributed by atoms with E-state index in [4.69, 9.17) is 0 Å². The first-order valence-electron chi connectivity index (χ1n) is 8.04. The van der Waals surface area contributed by atoms with Gasteiger partial charge in [-0.2, -0.15) is 0 Å². The average Bonchev–Trinajstić information content (AvgIpc) is 3.22. The lowest BCUT2D eigenvalue weighted by Crippen LogP contribution is -2.14. The van der Waals surface area contributed by atoms with Gasteiger partial charge in [-0.3, -0.25) is 9.55 Å². The molecule has 25 heavy (non-hydrogen) atoms. The lowest BCUT2D eigenvalue weighted by Gasteiger charge is -2.04. The Labute approximate surface area is 142 Å². The van der Waals surface area contributed by atoms with Crippen LogP contribution in [0.3, 0.4) is 0 Å². The first-order chi connectivity index (χ1) is 12.3. The Morgan fingerprint density at radius 2 is 1.72 bits per heavy atom. The summed E-state index contributed by atoms with van der Waals surface area (Å²) in [6.45, 7) is 0. The molecule has 3 aromatic heterocycles. The Balaban J connectivity index is 1.61. The number of para-hydroxylation sites is 1. The molecule has 0 unspecified atom stereocenters. The summed E-state index contributed by atoms with van der Waals surface area (Å²) in [5.74, 6) is 0. The molecule has 2 N–H and O–H groups in total. The van der Waals surface area contributed by atoms with Crippen molar-refractivity contribution >= 4 is 22.1 Å². The summed E-state index contributed by atoms with van der Waals surface area (Å²) in [5.41, 5.74) is 5.22. The van der Waals surface area contributed by atoms with Crippen molar-refractivity contribution < 1.29 is 0 Å². The van der Waals surface area contributed by atoms with Gasteiger partial charge >= 0.3 is 5.69 Å². The highest BCUT2D eigenvalue weighted by atomic mass is 16.1. The maximum atomic E-state index is 12.3. The van der Waals surface area contributed by atoms with Gasteiger partial charge in [-0.1, -0.05) is 30.3 Å². The van der Waals surface area contributed by atoms with Crippen molar-refractivity contribution in [2.45, 2.75) is 0 Å². The van der Waals surface area contributed by atoms with Gasteiger partial charge in [0.1, 0.15) is 0 Å². The van der Waals surface area contributed by atoms with Crippen molar-refractivity contribution in [3.05, 3.63) is 83.4 Å². The first kappa shape index (κ1) is 13.8. The molecule has 5 aromatic rings. The Hall–Kier alpha value is -3.60. The van der Waals surface area contributed by atoms with Crippen molar-refractivity contribution in [1.29, 1.82) is 0 Å². The molecule has 0 atom stereocenters. The van der Waals surface area contributed by atoms with Crippen LogP contribution in [-0.4, -0.2) is 19.5 Å². The number of fused-ring (bicyclic) bond motifs is 2. The van der Waals surface area contributed by atoms with E-state index in [2.05, 4.69) is 33.2 Å². The number of rotatable bonds is 2. The number of nitrogens with zero attached hydrogens (tertiary/aromatic N) is 2.